The lowest BCUT2D eigenvalue weighted by atomic mass is 10.2. The molecule has 3 aromatic rings. The summed E-state index contributed by atoms with van der Waals surface area (Å²) in [6, 6.07) is 16.7. The number of aliphatic hydroxyl groups excluding tert-OH is 1. The monoisotopic (exact) mass is 310 g/mol. The predicted octanol–water partition coefficient (Wildman–Crippen LogP) is 3.18. The molecular weight excluding hydrogens is 292 g/mol. The van der Waals surface area contributed by atoms with Gasteiger partial charge in [-0.05, 0) is 36.4 Å². The van der Waals surface area contributed by atoms with Crippen LogP contribution in [0.1, 0.15) is 16.9 Å². The molecule has 0 spiro atoms. The van der Waals surface area contributed by atoms with E-state index < -0.39 is 0 Å². The van der Waals surface area contributed by atoms with Gasteiger partial charge in [0.2, 0.25) is 0 Å². The number of anilines is 1. The van der Waals surface area contributed by atoms with E-state index in [1.165, 1.54) is 0 Å². The van der Waals surface area contributed by atoms with Crippen molar-refractivity contribution in [1.82, 2.24) is 4.98 Å². The Kier molecular flexibility index (Phi) is 4.59. The number of hydrogen-bond donors (Lipinski definition) is 3. The molecule has 0 unspecified atom stereocenters. The minimum absolute atomic E-state index is 0.110. The Morgan fingerprint density at radius 3 is 2.65 bits per heavy atom. The van der Waals surface area contributed by atoms with Gasteiger partial charge < -0.3 is 20.1 Å². The van der Waals surface area contributed by atoms with Crippen molar-refractivity contribution in [3.05, 3.63) is 60.3 Å². The molecule has 0 aliphatic rings. The lowest BCUT2D eigenvalue weighted by Crippen LogP contribution is -2.12. The summed E-state index contributed by atoms with van der Waals surface area (Å²) in [4.78, 5) is 15.4. The molecule has 0 fully saturated rings. The van der Waals surface area contributed by atoms with Crippen LogP contribution in [0.25, 0.3) is 10.9 Å². The van der Waals surface area contributed by atoms with Crippen LogP contribution in [0, 0.1) is 0 Å². The topological polar surface area (TPSA) is 74.3 Å². The standard InChI is InChI=1S/C18H18N2O3/c21-10-3-11-23-15-8-6-14(7-9-15)19-18(22)17-12-13-4-1-2-5-16(13)20-17/h1-2,4-9,12,20-21H,3,10-11H2,(H,19,22). The van der Waals surface area contributed by atoms with Crippen molar-refractivity contribution in [3.8, 4) is 5.75 Å². The van der Waals surface area contributed by atoms with Crippen LogP contribution in [0.2, 0.25) is 0 Å². The molecule has 5 nitrogen and oxygen atoms in total. The molecule has 23 heavy (non-hydrogen) atoms. The quantitative estimate of drug-likeness (QED) is 0.612. The lowest BCUT2D eigenvalue weighted by molar-refractivity contribution is 0.102. The van der Waals surface area contributed by atoms with E-state index in [2.05, 4.69) is 10.3 Å². The average Bonchev–Trinajstić information content (AvgIpc) is 3.01. The zero-order valence-corrected chi connectivity index (χ0v) is 12.6. The molecule has 0 aliphatic heterocycles. The van der Waals surface area contributed by atoms with Crippen LogP contribution in [0.5, 0.6) is 5.75 Å². The number of benzene rings is 2. The SMILES string of the molecule is O=C(Nc1ccc(OCCCO)cc1)c1cc2ccccc2[nH]1. The van der Waals surface area contributed by atoms with Crippen LogP contribution < -0.4 is 10.1 Å². The molecule has 1 aromatic heterocycles. The van der Waals surface area contributed by atoms with Crippen LogP contribution in [0.3, 0.4) is 0 Å². The largest absolute Gasteiger partial charge is 0.494 e. The molecule has 1 heterocycles. The molecule has 0 bridgehead atoms. The van der Waals surface area contributed by atoms with Crippen molar-refractivity contribution in [2.24, 2.45) is 0 Å². The van der Waals surface area contributed by atoms with Crippen molar-refractivity contribution in [2.45, 2.75) is 6.42 Å². The highest BCUT2D eigenvalue weighted by Gasteiger charge is 2.09. The summed E-state index contributed by atoms with van der Waals surface area (Å²) < 4.78 is 5.45. The van der Waals surface area contributed by atoms with Gasteiger partial charge in [0.25, 0.3) is 5.91 Å². The number of hydrogen-bond acceptors (Lipinski definition) is 3. The number of aromatic nitrogens is 1. The van der Waals surface area contributed by atoms with Gasteiger partial charge in [-0.1, -0.05) is 18.2 Å². The Balaban J connectivity index is 1.65. The van der Waals surface area contributed by atoms with E-state index in [9.17, 15) is 4.79 Å². The molecule has 1 amide bonds. The molecular formula is C18H18N2O3. The maximum absolute atomic E-state index is 12.3. The second-order valence-electron chi connectivity index (χ2n) is 5.17. The van der Waals surface area contributed by atoms with Gasteiger partial charge in [0.05, 0.1) is 6.61 Å². The third-order valence-electron chi connectivity index (χ3n) is 3.46. The predicted molar refractivity (Wildman–Crippen MR) is 89.9 cm³/mol. The Labute approximate surface area is 133 Å². The van der Waals surface area contributed by atoms with Gasteiger partial charge in [0.15, 0.2) is 0 Å². The summed E-state index contributed by atoms with van der Waals surface area (Å²) in [6.45, 7) is 0.579. The highest BCUT2D eigenvalue weighted by Crippen LogP contribution is 2.18. The van der Waals surface area contributed by atoms with E-state index >= 15 is 0 Å². The summed E-state index contributed by atoms with van der Waals surface area (Å²) in [5, 5.41) is 12.6. The molecule has 0 atom stereocenters. The van der Waals surface area contributed by atoms with E-state index in [1.54, 1.807) is 24.3 Å². The summed E-state index contributed by atoms with van der Waals surface area (Å²) in [6.07, 6.45) is 0.596. The van der Waals surface area contributed by atoms with Gasteiger partial charge >= 0.3 is 0 Å². The summed E-state index contributed by atoms with van der Waals surface area (Å²) in [7, 11) is 0. The van der Waals surface area contributed by atoms with E-state index in [0.29, 0.717) is 30.2 Å². The minimum atomic E-state index is -0.185. The number of amides is 1. The number of carbonyl (C=O) groups excluding carboxylic acids is 1. The number of nitrogens with one attached hydrogen (secondary N) is 2. The van der Waals surface area contributed by atoms with Crippen LogP contribution in [0.15, 0.2) is 54.6 Å². The summed E-state index contributed by atoms with van der Waals surface area (Å²) in [5.41, 5.74) is 2.16. The van der Waals surface area contributed by atoms with Gasteiger partial charge in [-0.2, -0.15) is 0 Å². The number of fused-ring (bicyclic) bond motifs is 1. The summed E-state index contributed by atoms with van der Waals surface area (Å²) >= 11 is 0. The normalized spacial score (nSPS) is 10.7. The Morgan fingerprint density at radius 2 is 1.91 bits per heavy atom. The fraction of sp³-hybridized carbons (Fsp3) is 0.167. The maximum Gasteiger partial charge on any atom is 0.272 e. The molecule has 118 valence electrons. The van der Waals surface area contributed by atoms with E-state index in [-0.39, 0.29) is 12.5 Å². The second kappa shape index (κ2) is 6.98. The smallest absolute Gasteiger partial charge is 0.272 e. The van der Waals surface area contributed by atoms with Crippen LogP contribution in [-0.4, -0.2) is 29.2 Å². The first-order chi connectivity index (χ1) is 11.3. The first-order valence-electron chi connectivity index (χ1n) is 7.49. The van der Waals surface area contributed by atoms with Crippen molar-refractivity contribution >= 4 is 22.5 Å². The zero-order chi connectivity index (χ0) is 16.1. The van der Waals surface area contributed by atoms with Gasteiger partial charge in [-0.15, -0.1) is 0 Å². The number of aromatic amines is 1. The van der Waals surface area contributed by atoms with Gasteiger partial charge in [0.1, 0.15) is 11.4 Å². The second-order valence-corrected chi connectivity index (χ2v) is 5.17. The van der Waals surface area contributed by atoms with Crippen molar-refractivity contribution < 1.29 is 14.6 Å². The van der Waals surface area contributed by atoms with Gasteiger partial charge in [-0.25, -0.2) is 0 Å². The average molecular weight is 310 g/mol. The fourth-order valence-corrected chi connectivity index (χ4v) is 2.28. The van der Waals surface area contributed by atoms with E-state index in [1.807, 2.05) is 30.3 Å². The van der Waals surface area contributed by atoms with Gasteiger partial charge in [-0.3, -0.25) is 4.79 Å². The summed E-state index contributed by atoms with van der Waals surface area (Å²) in [5.74, 6) is 0.525. The number of para-hydroxylation sites is 1. The Bertz CT molecular complexity index is 760. The molecule has 5 heteroatoms. The van der Waals surface area contributed by atoms with Crippen LogP contribution in [-0.2, 0) is 0 Å². The van der Waals surface area contributed by atoms with Crippen molar-refractivity contribution in [3.63, 3.8) is 0 Å². The number of rotatable bonds is 6. The number of H-pyrrole nitrogens is 1. The van der Waals surface area contributed by atoms with E-state index in [0.717, 1.165) is 10.9 Å². The maximum atomic E-state index is 12.3. The molecule has 0 aliphatic carbocycles. The first kappa shape index (κ1) is 15.1. The Hall–Kier alpha value is -2.79. The molecule has 0 saturated heterocycles. The number of aliphatic hydroxyl groups is 1. The van der Waals surface area contributed by atoms with Gasteiger partial charge in [0, 0.05) is 29.6 Å². The highest BCUT2D eigenvalue weighted by molar-refractivity contribution is 6.05. The van der Waals surface area contributed by atoms with Crippen molar-refractivity contribution in [2.75, 3.05) is 18.5 Å². The molecule has 0 saturated carbocycles. The molecule has 3 rings (SSSR count). The molecule has 2 aromatic carbocycles. The number of carbonyl (C=O) groups is 1. The van der Waals surface area contributed by atoms with E-state index in [4.69, 9.17) is 9.84 Å². The Morgan fingerprint density at radius 1 is 1.13 bits per heavy atom. The highest BCUT2D eigenvalue weighted by atomic mass is 16.5. The lowest BCUT2D eigenvalue weighted by Gasteiger charge is -2.07. The molecule has 0 radical (unpaired) electrons. The first-order valence-corrected chi connectivity index (χ1v) is 7.49. The number of ether oxygens (including phenoxy) is 1. The third-order valence-corrected chi connectivity index (χ3v) is 3.46. The van der Waals surface area contributed by atoms with Crippen LogP contribution in [0.4, 0.5) is 5.69 Å². The van der Waals surface area contributed by atoms with Crippen LogP contribution >= 0.6 is 0 Å². The zero-order valence-electron chi connectivity index (χ0n) is 12.6. The molecule has 3 N–H and O–H groups in total. The third kappa shape index (κ3) is 3.70. The van der Waals surface area contributed by atoms with Crippen molar-refractivity contribution in [1.29, 1.82) is 0 Å². The minimum Gasteiger partial charge on any atom is -0.494 e. The fourth-order valence-electron chi connectivity index (χ4n) is 2.28.